The maximum Gasteiger partial charge on any atom is 0.342 e. The molecule has 0 fully saturated rings. The lowest BCUT2D eigenvalue weighted by Crippen LogP contribution is -2.21. The highest BCUT2D eigenvalue weighted by molar-refractivity contribution is 6.00. The minimum absolute atomic E-state index is 0.0319. The van der Waals surface area contributed by atoms with Gasteiger partial charge in [0.1, 0.15) is 11.3 Å². The van der Waals surface area contributed by atoms with E-state index in [4.69, 9.17) is 4.74 Å². The molecule has 144 valence electrons. The van der Waals surface area contributed by atoms with Gasteiger partial charge in [0.05, 0.1) is 0 Å². The van der Waals surface area contributed by atoms with Gasteiger partial charge in [-0.1, -0.05) is 50.2 Å². The van der Waals surface area contributed by atoms with Gasteiger partial charge < -0.3 is 15.2 Å². The molecular formula is C23H23NO4. The second-order valence-corrected chi connectivity index (χ2v) is 6.77. The zero-order valence-electron chi connectivity index (χ0n) is 15.9. The number of aromatic hydroxyl groups is 1. The van der Waals surface area contributed by atoms with E-state index >= 15 is 0 Å². The number of phenols is 1. The maximum absolute atomic E-state index is 12.3. The van der Waals surface area contributed by atoms with Gasteiger partial charge in [0.25, 0.3) is 5.91 Å². The number of esters is 1. The minimum Gasteiger partial charge on any atom is -0.507 e. The van der Waals surface area contributed by atoms with E-state index in [9.17, 15) is 14.7 Å². The Morgan fingerprint density at radius 3 is 2.32 bits per heavy atom. The molecule has 3 aromatic rings. The lowest BCUT2D eigenvalue weighted by Gasteiger charge is -2.11. The summed E-state index contributed by atoms with van der Waals surface area (Å²) in [6, 6.07) is 18.0. The number of rotatable bonds is 6. The number of benzene rings is 3. The van der Waals surface area contributed by atoms with Crippen molar-refractivity contribution in [2.24, 2.45) is 0 Å². The van der Waals surface area contributed by atoms with Crippen molar-refractivity contribution in [3.63, 3.8) is 0 Å². The summed E-state index contributed by atoms with van der Waals surface area (Å²) in [7, 11) is 0. The second kappa shape index (κ2) is 8.57. The van der Waals surface area contributed by atoms with Gasteiger partial charge in [-0.2, -0.15) is 0 Å². The van der Waals surface area contributed by atoms with Gasteiger partial charge in [0.2, 0.25) is 0 Å². The lowest BCUT2D eigenvalue weighted by molar-refractivity contribution is -0.119. The first-order valence-corrected chi connectivity index (χ1v) is 9.26. The number of carbonyl (C=O) groups is 2. The predicted octanol–water partition coefficient (Wildman–Crippen LogP) is 4.85. The molecule has 3 aromatic carbocycles. The summed E-state index contributed by atoms with van der Waals surface area (Å²) >= 11 is 0. The molecule has 0 heterocycles. The zero-order chi connectivity index (χ0) is 20.1. The summed E-state index contributed by atoms with van der Waals surface area (Å²) in [6.45, 7) is 3.84. The van der Waals surface area contributed by atoms with Crippen molar-refractivity contribution in [2.75, 3.05) is 11.9 Å². The van der Waals surface area contributed by atoms with Crippen LogP contribution in [0.4, 0.5) is 5.69 Å². The number of nitrogens with one attached hydrogen (secondary N) is 1. The van der Waals surface area contributed by atoms with Crippen LogP contribution in [0.25, 0.3) is 10.8 Å². The van der Waals surface area contributed by atoms with Crippen molar-refractivity contribution < 1.29 is 19.4 Å². The average Bonchev–Trinajstić information content (AvgIpc) is 2.71. The normalized spacial score (nSPS) is 11.8. The maximum atomic E-state index is 12.3. The van der Waals surface area contributed by atoms with Crippen molar-refractivity contribution in [1.29, 1.82) is 0 Å². The molecule has 3 rings (SSSR count). The lowest BCUT2D eigenvalue weighted by atomic mass is 9.99. The number of fused-ring (bicyclic) bond motifs is 1. The molecule has 0 aromatic heterocycles. The molecule has 0 aliphatic heterocycles. The number of hydrogen-bond acceptors (Lipinski definition) is 4. The molecule has 0 radical (unpaired) electrons. The van der Waals surface area contributed by atoms with Crippen molar-refractivity contribution in [2.45, 2.75) is 26.2 Å². The van der Waals surface area contributed by atoms with Crippen LogP contribution in [0.5, 0.6) is 5.75 Å². The van der Waals surface area contributed by atoms with Crippen LogP contribution in [0.2, 0.25) is 0 Å². The number of amides is 1. The summed E-state index contributed by atoms with van der Waals surface area (Å²) in [4.78, 5) is 24.3. The standard InChI is InChI=1S/C23H23NO4/c1-3-15(2)16-8-10-19(11-9-16)24-22(26)14-28-23(27)20-12-17-6-4-5-7-18(17)13-21(20)25/h4-13,15,25H,3,14H2,1-2H3,(H,24,26)/t15-/m0/s1. The van der Waals surface area contributed by atoms with Gasteiger partial charge in [-0.05, 0) is 52.9 Å². The Morgan fingerprint density at radius 2 is 1.68 bits per heavy atom. The molecule has 0 saturated heterocycles. The third kappa shape index (κ3) is 4.49. The van der Waals surface area contributed by atoms with E-state index in [0.29, 0.717) is 11.6 Å². The molecule has 2 N–H and O–H groups in total. The van der Waals surface area contributed by atoms with Crippen molar-refractivity contribution in [3.8, 4) is 5.75 Å². The van der Waals surface area contributed by atoms with Gasteiger partial charge in [0.15, 0.2) is 6.61 Å². The van der Waals surface area contributed by atoms with E-state index in [-0.39, 0.29) is 11.3 Å². The number of hydrogen-bond donors (Lipinski definition) is 2. The summed E-state index contributed by atoms with van der Waals surface area (Å²) in [5, 5.41) is 14.4. The molecule has 0 aliphatic carbocycles. The zero-order valence-corrected chi connectivity index (χ0v) is 15.9. The molecule has 5 nitrogen and oxygen atoms in total. The van der Waals surface area contributed by atoms with Gasteiger partial charge in [-0.3, -0.25) is 4.79 Å². The summed E-state index contributed by atoms with van der Waals surface area (Å²) in [5.74, 6) is -0.902. The summed E-state index contributed by atoms with van der Waals surface area (Å²) in [6.07, 6.45) is 1.04. The van der Waals surface area contributed by atoms with Gasteiger partial charge in [-0.15, -0.1) is 0 Å². The van der Waals surface area contributed by atoms with Gasteiger partial charge in [0, 0.05) is 5.69 Å². The topological polar surface area (TPSA) is 75.6 Å². The number of phenolic OH excluding ortho intramolecular Hbond substituents is 1. The van der Waals surface area contributed by atoms with Crippen molar-refractivity contribution in [1.82, 2.24) is 0 Å². The van der Waals surface area contributed by atoms with E-state index in [1.54, 1.807) is 6.07 Å². The number of ether oxygens (including phenoxy) is 1. The first-order valence-electron chi connectivity index (χ1n) is 9.26. The summed E-state index contributed by atoms with van der Waals surface area (Å²) in [5.41, 5.74) is 1.88. The molecule has 0 unspecified atom stereocenters. The molecular weight excluding hydrogens is 354 g/mol. The monoisotopic (exact) mass is 377 g/mol. The van der Waals surface area contributed by atoms with Crippen LogP contribution in [-0.2, 0) is 9.53 Å². The van der Waals surface area contributed by atoms with E-state index in [2.05, 4.69) is 19.2 Å². The molecule has 5 heteroatoms. The Balaban J connectivity index is 1.60. The molecule has 1 amide bonds. The number of anilines is 1. The fourth-order valence-electron chi connectivity index (χ4n) is 2.93. The highest BCUT2D eigenvalue weighted by atomic mass is 16.5. The third-order valence-corrected chi connectivity index (χ3v) is 4.79. The average molecular weight is 377 g/mol. The van der Waals surface area contributed by atoms with Crippen LogP contribution in [-0.4, -0.2) is 23.6 Å². The molecule has 0 spiro atoms. The van der Waals surface area contributed by atoms with Crippen LogP contribution in [0, 0.1) is 0 Å². The van der Waals surface area contributed by atoms with Crippen LogP contribution in [0.3, 0.4) is 0 Å². The van der Waals surface area contributed by atoms with E-state index in [1.165, 1.54) is 11.6 Å². The Hall–Kier alpha value is -3.34. The Morgan fingerprint density at radius 1 is 1.04 bits per heavy atom. The Kier molecular flexibility index (Phi) is 5.94. The SMILES string of the molecule is CC[C@H](C)c1ccc(NC(=O)COC(=O)c2cc3ccccc3cc2O)cc1. The van der Waals surface area contributed by atoms with Gasteiger partial charge in [-0.25, -0.2) is 4.79 Å². The molecule has 28 heavy (non-hydrogen) atoms. The third-order valence-electron chi connectivity index (χ3n) is 4.79. The van der Waals surface area contributed by atoms with Crippen molar-refractivity contribution in [3.05, 3.63) is 71.8 Å². The molecule has 1 atom stereocenters. The largest absolute Gasteiger partial charge is 0.507 e. The second-order valence-electron chi connectivity index (χ2n) is 6.77. The molecule has 0 saturated carbocycles. The number of carbonyl (C=O) groups excluding carboxylic acids is 2. The molecule has 0 bridgehead atoms. The highest BCUT2D eigenvalue weighted by Gasteiger charge is 2.15. The van der Waals surface area contributed by atoms with Crippen LogP contribution >= 0.6 is 0 Å². The van der Waals surface area contributed by atoms with E-state index in [1.807, 2.05) is 48.5 Å². The summed E-state index contributed by atoms with van der Waals surface area (Å²) < 4.78 is 5.06. The smallest absolute Gasteiger partial charge is 0.342 e. The van der Waals surface area contributed by atoms with E-state index in [0.717, 1.165) is 17.2 Å². The van der Waals surface area contributed by atoms with Crippen LogP contribution < -0.4 is 5.32 Å². The molecule has 0 aliphatic rings. The highest BCUT2D eigenvalue weighted by Crippen LogP contribution is 2.25. The first-order chi connectivity index (χ1) is 13.5. The quantitative estimate of drug-likeness (QED) is 0.602. The Bertz CT molecular complexity index is 995. The van der Waals surface area contributed by atoms with Gasteiger partial charge >= 0.3 is 5.97 Å². The Labute approximate surface area is 164 Å². The van der Waals surface area contributed by atoms with E-state index < -0.39 is 18.5 Å². The first kappa shape index (κ1) is 19.4. The predicted molar refractivity (Wildman–Crippen MR) is 110 cm³/mol. The van der Waals surface area contributed by atoms with Crippen LogP contribution in [0.1, 0.15) is 42.1 Å². The van der Waals surface area contributed by atoms with Crippen LogP contribution in [0.15, 0.2) is 60.7 Å². The van der Waals surface area contributed by atoms with Crippen molar-refractivity contribution >= 4 is 28.3 Å². The fraction of sp³-hybridized carbons (Fsp3) is 0.217. The minimum atomic E-state index is -0.745. The fourth-order valence-corrected chi connectivity index (χ4v) is 2.93.